The summed E-state index contributed by atoms with van der Waals surface area (Å²) in [6.45, 7) is 3.92. The third-order valence-corrected chi connectivity index (χ3v) is 1.24. The Bertz CT molecular complexity index is 141. The van der Waals surface area contributed by atoms with Crippen molar-refractivity contribution in [3.8, 4) is 0 Å². The molecule has 0 unspecified atom stereocenters. The molecule has 2 nitrogen and oxygen atoms in total. The fourth-order valence-electron chi connectivity index (χ4n) is 0.812. The SMILES string of the molecule is CCC=C(CCC)C(=O)O.[NaH]. The third kappa shape index (κ3) is 6.60. The summed E-state index contributed by atoms with van der Waals surface area (Å²) in [6.07, 6.45) is 4.16. The fraction of sp³-hybridized carbons (Fsp3) is 0.625. The zero-order chi connectivity index (χ0) is 7.98. The molecule has 0 radical (unpaired) electrons. The third-order valence-electron chi connectivity index (χ3n) is 1.24. The van der Waals surface area contributed by atoms with Gasteiger partial charge in [0.1, 0.15) is 0 Å². The summed E-state index contributed by atoms with van der Waals surface area (Å²) < 4.78 is 0. The van der Waals surface area contributed by atoms with Crippen LogP contribution in [0.5, 0.6) is 0 Å². The van der Waals surface area contributed by atoms with Crippen molar-refractivity contribution in [3.63, 3.8) is 0 Å². The minimum atomic E-state index is -0.774. The van der Waals surface area contributed by atoms with Crippen molar-refractivity contribution in [2.75, 3.05) is 0 Å². The predicted octanol–water partition coefficient (Wildman–Crippen LogP) is 1.56. The van der Waals surface area contributed by atoms with E-state index in [1.54, 1.807) is 6.08 Å². The molecule has 0 aliphatic heterocycles. The molecule has 0 heterocycles. The summed E-state index contributed by atoms with van der Waals surface area (Å²) in [4.78, 5) is 10.4. The van der Waals surface area contributed by atoms with E-state index in [0.29, 0.717) is 12.0 Å². The van der Waals surface area contributed by atoms with Gasteiger partial charge in [-0.15, -0.1) is 0 Å². The number of hydrogen-bond acceptors (Lipinski definition) is 1. The number of rotatable bonds is 4. The van der Waals surface area contributed by atoms with Gasteiger partial charge >= 0.3 is 35.5 Å². The van der Waals surface area contributed by atoms with E-state index < -0.39 is 5.97 Å². The number of hydrogen-bond donors (Lipinski definition) is 1. The normalized spacial score (nSPS) is 10.5. The van der Waals surface area contributed by atoms with Gasteiger partial charge in [-0.1, -0.05) is 26.3 Å². The molecule has 1 N–H and O–H groups in total. The molecule has 3 heteroatoms. The molecule has 0 aromatic carbocycles. The first-order valence-electron chi connectivity index (χ1n) is 3.64. The molecule has 0 aliphatic carbocycles. The fourth-order valence-corrected chi connectivity index (χ4v) is 0.812. The molecule has 0 amide bonds. The minimum absolute atomic E-state index is 0. The molecular formula is C8H15NaO2. The Morgan fingerprint density at radius 3 is 2.27 bits per heavy atom. The molecule has 0 spiro atoms. The van der Waals surface area contributed by atoms with Crippen LogP contribution in [0.4, 0.5) is 0 Å². The van der Waals surface area contributed by atoms with Crippen molar-refractivity contribution < 1.29 is 9.90 Å². The molecule has 0 aliphatic rings. The molecule has 0 fully saturated rings. The first-order valence-corrected chi connectivity index (χ1v) is 3.64. The van der Waals surface area contributed by atoms with Crippen LogP contribution in [0.15, 0.2) is 11.6 Å². The Kier molecular flexibility index (Phi) is 10.4. The average molecular weight is 166 g/mol. The molecule has 0 aromatic heterocycles. The standard InChI is InChI=1S/C8H14O2.Na.H/c1-3-5-7(6-4-2)8(9)10;;/h5H,3-4,6H2,1-2H3,(H,9,10);;. The van der Waals surface area contributed by atoms with Crippen LogP contribution in [0.3, 0.4) is 0 Å². The Balaban J connectivity index is 0. The summed E-state index contributed by atoms with van der Waals surface area (Å²) in [7, 11) is 0. The zero-order valence-corrected chi connectivity index (χ0v) is 6.55. The van der Waals surface area contributed by atoms with Crippen molar-refractivity contribution in [3.05, 3.63) is 11.6 Å². The van der Waals surface area contributed by atoms with Crippen LogP contribution in [0, 0.1) is 0 Å². The first-order chi connectivity index (χ1) is 4.72. The average Bonchev–Trinajstić information content (AvgIpc) is 1.87. The number of carboxylic acid groups (broad SMARTS) is 1. The van der Waals surface area contributed by atoms with Crippen LogP contribution < -0.4 is 0 Å². The van der Waals surface area contributed by atoms with Crippen LogP contribution in [-0.2, 0) is 4.79 Å². The summed E-state index contributed by atoms with van der Waals surface area (Å²) in [5, 5.41) is 8.57. The first kappa shape index (κ1) is 13.8. The van der Waals surface area contributed by atoms with Crippen LogP contribution in [0.1, 0.15) is 33.1 Å². The van der Waals surface area contributed by atoms with Gasteiger partial charge in [0, 0.05) is 5.57 Å². The van der Waals surface area contributed by atoms with E-state index in [-0.39, 0.29) is 29.6 Å². The van der Waals surface area contributed by atoms with E-state index in [2.05, 4.69) is 0 Å². The van der Waals surface area contributed by atoms with Crippen molar-refractivity contribution >= 4 is 35.5 Å². The number of allylic oxidation sites excluding steroid dienone is 1. The quantitative estimate of drug-likeness (QED) is 0.508. The van der Waals surface area contributed by atoms with Crippen LogP contribution in [-0.4, -0.2) is 40.6 Å². The molecule has 0 atom stereocenters. The maximum atomic E-state index is 10.4. The van der Waals surface area contributed by atoms with Crippen LogP contribution in [0.2, 0.25) is 0 Å². The molecule has 0 rings (SSSR count). The van der Waals surface area contributed by atoms with E-state index in [4.69, 9.17) is 5.11 Å². The van der Waals surface area contributed by atoms with Gasteiger partial charge in [0.05, 0.1) is 0 Å². The maximum absolute atomic E-state index is 10.4. The van der Waals surface area contributed by atoms with Crippen molar-refractivity contribution in [2.45, 2.75) is 33.1 Å². The molecule has 0 saturated carbocycles. The molecule has 60 valence electrons. The summed E-state index contributed by atoms with van der Waals surface area (Å²) in [6, 6.07) is 0. The van der Waals surface area contributed by atoms with Gasteiger partial charge in [0.15, 0.2) is 0 Å². The zero-order valence-electron chi connectivity index (χ0n) is 6.55. The van der Waals surface area contributed by atoms with Crippen molar-refractivity contribution in [1.29, 1.82) is 0 Å². The Morgan fingerprint density at radius 1 is 1.45 bits per heavy atom. The van der Waals surface area contributed by atoms with E-state index in [1.165, 1.54) is 0 Å². The van der Waals surface area contributed by atoms with Crippen molar-refractivity contribution in [2.24, 2.45) is 0 Å². The van der Waals surface area contributed by atoms with E-state index in [1.807, 2.05) is 13.8 Å². The van der Waals surface area contributed by atoms with Gasteiger partial charge in [-0.25, -0.2) is 4.79 Å². The van der Waals surface area contributed by atoms with Gasteiger partial charge in [0.25, 0.3) is 0 Å². The summed E-state index contributed by atoms with van der Waals surface area (Å²) in [5.74, 6) is -0.774. The monoisotopic (exact) mass is 166 g/mol. The number of carbonyl (C=O) groups is 1. The van der Waals surface area contributed by atoms with Gasteiger partial charge in [-0.05, 0) is 12.8 Å². The Labute approximate surface area is 90.0 Å². The Hall–Kier alpha value is 0.210. The summed E-state index contributed by atoms with van der Waals surface area (Å²) >= 11 is 0. The molecule has 11 heavy (non-hydrogen) atoms. The Morgan fingerprint density at radius 2 is 2.00 bits per heavy atom. The summed E-state index contributed by atoms with van der Waals surface area (Å²) in [5.41, 5.74) is 0.546. The van der Waals surface area contributed by atoms with E-state index in [9.17, 15) is 4.79 Å². The molecular weight excluding hydrogens is 151 g/mol. The molecule has 0 aromatic rings. The van der Waals surface area contributed by atoms with Gasteiger partial charge in [0.2, 0.25) is 0 Å². The van der Waals surface area contributed by atoms with Crippen LogP contribution >= 0.6 is 0 Å². The van der Waals surface area contributed by atoms with Crippen LogP contribution in [0.25, 0.3) is 0 Å². The second-order valence-corrected chi connectivity index (χ2v) is 2.19. The number of aliphatic carboxylic acids is 1. The second-order valence-electron chi connectivity index (χ2n) is 2.19. The topological polar surface area (TPSA) is 37.3 Å². The van der Waals surface area contributed by atoms with E-state index >= 15 is 0 Å². The van der Waals surface area contributed by atoms with Gasteiger partial charge in [-0.3, -0.25) is 0 Å². The van der Waals surface area contributed by atoms with Gasteiger partial charge < -0.3 is 5.11 Å². The second kappa shape index (κ2) is 8.31. The van der Waals surface area contributed by atoms with Crippen molar-refractivity contribution in [1.82, 2.24) is 0 Å². The molecule has 0 bridgehead atoms. The van der Waals surface area contributed by atoms with E-state index in [0.717, 1.165) is 12.8 Å². The predicted molar refractivity (Wildman–Crippen MR) is 48.1 cm³/mol. The molecule has 0 saturated heterocycles. The number of carboxylic acids is 1. The van der Waals surface area contributed by atoms with Gasteiger partial charge in [-0.2, -0.15) is 0 Å².